The molecular formula is C18H24Br2N2O2Si. The second-order valence-electron chi connectivity index (χ2n) is 7.47. The first-order valence-electron chi connectivity index (χ1n) is 7.90. The number of rotatable bonds is 4. The lowest BCUT2D eigenvalue weighted by atomic mass is 10.1. The molecule has 0 saturated carbocycles. The normalized spacial score (nSPS) is 12.8. The Bertz CT molecular complexity index is 711. The van der Waals surface area contributed by atoms with Crippen LogP contribution >= 0.6 is 31.9 Å². The molecule has 1 aromatic rings. The summed E-state index contributed by atoms with van der Waals surface area (Å²) in [6.07, 6.45) is 0.211. The first-order chi connectivity index (χ1) is 11.3. The lowest BCUT2D eigenvalue weighted by molar-refractivity contribution is -0.119. The van der Waals surface area contributed by atoms with Gasteiger partial charge in [-0.25, -0.2) is 0 Å². The smallest absolute Gasteiger partial charge is 0.252 e. The van der Waals surface area contributed by atoms with Crippen molar-refractivity contribution in [3.8, 4) is 11.5 Å². The summed E-state index contributed by atoms with van der Waals surface area (Å²) in [6, 6.07) is 4.37. The topological polar surface area (TPSA) is 72.2 Å². The second kappa shape index (κ2) is 8.52. The molecule has 0 bridgehead atoms. The van der Waals surface area contributed by atoms with Gasteiger partial charge >= 0.3 is 0 Å². The van der Waals surface area contributed by atoms with Crippen LogP contribution in [0.15, 0.2) is 27.1 Å². The highest BCUT2D eigenvalue weighted by molar-refractivity contribution is 9.11. The monoisotopic (exact) mass is 486 g/mol. The minimum Gasteiger partial charge on any atom is -0.368 e. The fourth-order valence-electron chi connectivity index (χ4n) is 1.71. The van der Waals surface area contributed by atoms with Crippen LogP contribution in [0.1, 0.15) is 37.6 Å². The summed E-state index contributed by atoms with van der Waals surface area (Å²) in [6.45, 7) is 10.9. The fraction of sp³-hybridized carbons (Fsp3) is 0.444. The van der Waals surface area contributed by atoms with Crippen molar-refractivity contribution in [1.82, 2.24) is 5.32 Å². The van der Waals surface area contributed by atoms with E-state index < -0.39 is 20.0 Å². The highest BCUT2D eigenvalue weighted by Gasteiger charge is 2.33. The summed E-state index contributed by atoms with van der Waals surface area (Å²) in [5.74, 6) is 2.12. The van der Waals surface area contributed by atoms with Crippen LogP contribution in [0, 0.1) is 11.5 Å². The molecule has 2 amide bonds. The number of hydrogen-bond donors (Lipinski definition) is 2. The van der Waals surface area contributed by atoms with Gasteiger partial charge in [0.1, 0.15) is 14.1 Å². The highest BCUT2D eigenvalue weighted by Crippen LogP contribution is 2.35. The summed E-state index contributed by atoms with van der Waals surface area (Å²) in [5, 5.41) is 2.80. The molecule has 0 heterocycles. The molecule has 25 heavy (non-hydrogen) atoms. The molecule has 0 unspecified atom stereocenters. The van der Waals surface area contributed by atoms with Crippen LogP contribution in [0.5, 0.6) is 0 Å². The van der Waals surface area contributed by atoms with Crippen molar-refractivity contribution in [2.45, 2.75) is 51.4 Å². The van der Waals surface area contributed by atoms with Crippen molar-refractivity contribution in [2.75, 3.05) is 0 Å². The summed E-state index contributed by atoms with van der Waals surface area (Å²) < 4.78 is 1.53. The fourth-order valence-corrected chi connectivity index (χ4v) is 3.92. The molecule has 1 rings (SSSR count). The van der Waals surface area contributed by atoms with Gasteiger partial charge in [0.05, 0.1) is 0 Å². The lowest BCUT2D eigenvalue weighted by Crippen LogP contribution is -2.44. The highest BCUT2D eigenvalue weighted by atomic mass is 79.9. The third-order valence-electron chi connectivity index (χ3n) is 4.36. The van der Waals surface area contributed by atoms with E-state index in [0.717, 1.165) is 8.95 Å². The molecule has 1 atom stereocenters. The summed E-state index contributed by atoms with van der Waals surface area (Å²) in [7, 11) is -1.76. The number of carbonyl (C=O) groups is 2. The van der Waals surface area contributed by atoms with E-state index in [9.17, 15) is 9.59 Å². The molecule has 7 heteroatoms. The van der Waals surface area contributed by atoms with E-state index in [4.69, 9.17) is 5.73 Å². The van der Waals surface area contributed by atoms with E-state index in [-0.39, 0.29) is 17.4 Å². The van der Waals surface area contributed by atoms with Crippen LogP contribution in [0.3, 0.4) is 0 Å². The van der Waals surface area contributed by atoms with E-state index >= 15 is 0 Å². The molecule has 0 aliphatic heterocycles. The number of halogens is 2. The molecule has 0 saturated heterocycles. The Labute approximate surface area is 167 Å². The Hall–Kier alpha value is -1.10. The van der Waals surface area contributed by atoms with E-state index in [0.29, 0.717) is 5.56 Å². The Morgan fingerprint density at radius 2 is 1.72 bits per heavy atom. The largest absolute Gasteiger partial charge is 0.368 e. The second-order valence-corrected chi connectivity index (χ2v) is 14.3. The van der Waals surface area contributed by atoms with Crippen molar-refractivity contribution in [1.29, 1.82) is 0 Å². The van der Waals surface area contributed by atoms with Crippen molar-refractivity contribution < 1.29 is 9.59 Å². The van der Waals surface area contributed by atoms with Gasteiger partial charge in [-0.2, -0.15) is 0 Å². The summed E-state index contributed by atoms with van der Waals surface area (Å²) >= 11 is 6.68. The predicted octanol–water partition coefficient (Wildman–Crippen LogP) is 4.24. The zero-order valence-electron chi connectivity index (χ0n) is 15.2. The third kappa shape index (κ3) is 6.61. The van der Waals surface area contributed by atoms with Gasteiger partial charge < -0.3 is 11.1 Å². The standard InChI is InChI=1S/C18H24Br2N2O2Si/c1-18(2,3)25(4,5)8-6-7-15(16(21)23)22-17(24)12-9-13(19)11-14(20)10-12/h9-11,15H,7H2,1-5H3,(H2,21,23)(H,22,24)/t15-/m1/s1. The average Bonchev–Trinajstić information content (AvgIpc) is 2.43. The minimum atomic E-state index is -1.76. The third-order valence-corrected chi connectivity index (χ3v) is 9.82. The molecule has 1 aromatic carbocycles. The first kappa shape index (κ1) is 21.9. The average molecular weight is 488 g/mol. The van der Waals surface area contributed by atoms with Crippen molar-refractivity contribution in [3.05, 3.63) is 32.7 Å². The van der Waals surface area contributed by atoms with Gasteiger partial charge in [0, 0.05) is 20.9 Å². The van der Waals surface area contributed by atoms with E-state index in [2.05, 4.69) is 82.5 Å². The van der Waals surface area contributed by atoms with Crippen LogP contribution < -0.4 is 11.1 Å². The Kier molecular flexibility index (Phi) is 7.48. The van der Waals surface area contributed by atoms with E-state index in [1.54, 1.807) is 12.1 Å². The zero-order valence-corrected chi connectivity index (χ0v) is 19.3. The maximum Gasteiger partial charge on any atom is 0.252 e. The SMILES string of the molecule is CC(C)(C)[Si](C)(C)C#CC[C@@H](NC(=O)c1cc(Br)cc(Br)c1)C(N)=O. The number of primary amides is 1. The number of hydrogen-bond acceptors (Lipinski definition) is 2. The Morgan fingerprint density at radius 1 is 1.20 bits per heavy atom. The number of nitrogens with one attached hydrogen (secondary N) is 1. The maximum atomic E-state index is 12.4. The molecule has 0 spiro atoms. The number of benzene rings is 1. The molecule has 0 aliphatic rings. The number of carbonyl (C=O) groups excluding carboxylic acids is 2. The molecule has 0 aromatic heterocycles. The van der Waals surface area contributed by atoms with Gasteiger partial charge in [0.2, 0.25) is 5.91 Å². The molecule has 3 N–H and O–H groups in total. The number of amides is 2. The van der Waals surface area contributed by atoms with E-state index in [1.165, 1.54) is 0 Å². The minimum absolute atomic E-state index is 0.133. The van der Waals surface area contributed by atoms with Crippen LogP contribution in [0.2, 0.25) is 18.1 Å². The van der Waals surface area contributed by atoms with E-state index in [1.807, 2.05) is 6.07 Å². The number of nitrogens with two attached hydrogens (primary N) is 1. The lowest BCUT2D eigenvalue weighted by Gasteiger charge is -2.31. The van der Waals surface area contributed by atoms with Crippen LogP contribution in [0.25, 0.3) is 0 Å². The molecule has 0 aliphatic carbocycles. The maximum absolute atomic E-state index is 12.4. The van der Waals surface area contributed by atoms with Gasteiger partial charge in [-0.15, -0.1) is 11.5 Å². The van der Waals surface area contributed by atoms with Gasteiger partial charge in [-0.1, -0.05) is 65.7 Å². The first-order valence-corrected chi connectivity index (χ1v) is 12.5. The molecule has 0 fully saturated rings. The van der Waals surface area contributed by atoms with Crippen LogP contribution in [0.4, 0.5) is 0 Å². The van der Waals surface area contributed by atoms with Gasteiger partial charge in [-0.3, -0.25) is 9.59 Å². The molecule has 4 nitrogen and oxygen atoms in total. The predicted molar refractivity (Wildman–Crippen MR) is 112 cm³/mol. The quantitative estimate of drug-likeness (QED) is 0.492. The van der Waals surface area contributed by atoms with Gasteiger partial charge in [0.25, 0.3) is 5.91 Å². The summed E-state index contributed by atoms with van der Waals surface area (Å²) in [5.41, 5.74) is 9.20. The Morgan fingerprint density at radius 3 is 2.16 bits per heavy atom. The molecular weight excluding hydrogens is 464 g/mol. The van der Waals surface area contributed by atoms with Crippen LogP contribution in [-0.4, -0.2) is 25.9 Å². The Balaban J connectivity index is 2.89. The van der Waals surface area contributed by atoms with Crippen LogP contribution in [-0.2, 0) is 4.79 Å². The van der Waals surface area contributed by atoms with Crippen molar-refractivity contribution in [2.24, 2.45) is 5.73 Å². The van der Waals surface area contributed by atoms with Crippen molar-refractivity contribution in [3.63, 3.8) is 0 Å². The summed E-state index contributed by atoms with van der Waals surface area (Å²) in [4.78, 5) is 24.1. The molecule has 136 valence electrons. The molecule has 0 radical (unpaired) electrons. The van der Waals surface area contributed by atoms with Crippen molar-refractivity contribution >= 4 is 51.7 Å². The van der Waals surface area contributed by atoms with Gasteiger partial charge in [0.15, 0.2) is 0 Å². The van der Waals surface area contributed by atoms with Gasteiger partial charge in [-0.05, 0) is 23.2 Å². The zero-order chi connectivity index (χ0) is 19.4.